The first-order valence-corrected chi connectivity index (χ1v) is 11.4. The summed E-state index contributed by atoms with van der Waals surface area (Å²) in [6.07, 6.45) is 6.20. The van der Waals surface area contributed by atoms with E-state index in [1.165, 1.54) is 12.8 Å². The molecule has 2 heterocycles. The lowest BCUT2D eigenvalue weighted by atomic mass is 10.1. The number of para-hydroxylation sites is 2. The van der Waals surface area contributed by atoms with Gasteiger partial charge in [0.15, 0.2) is 12.6 Å². The minimum Gasteiger partial charge on any atom is -0.482 e. The predicted molar refractivity (Wildman–Crippen MR) is 120 cm³/mol. The number of guanidine groups is 1. The number of hydrogen-bond acceptors (Lipinski definition) is 4. The number of hydrogen-bond donors (Lipinski definition) is 2. The van der Waals surface area contributed by atoms with Crippen LogP contribution < -0.4 is 20.3 Å². The van der Waals surface area contributed by atoms with Crippen LogP contribution in [0.15, 0.2) is 29.3 Å². The van der Waals surface area contributed by atoms with E-state index < -0.39 is 0 Å². The summed E-state index contributed by atoms with van der Waals surface area (Å²) in [6.45, 7) is 2.98. The minimum atomic E-state index is -0.0146. The van der Waals surface area contributed by atoms with Crippen LogP contribution in [-0.2, 0) is 9.59 Å². The van der Waals surface area contributed by atoms with Gasteiger partial charge in [-0.05, 0) is 37.8 Å². The number of carbonyl (C=O) groups is 2. The third-order valence-corrected chi connectivity index (χ3v) is 6.43. The summed E-state index contributed by atoms with van der Waals surface area (Å²) in [5.74, 6) is 2.06. The molecule has 0 radical (unpaired) electrons. The Morgan fingerprint density at radius 3 is 2.84 bits per heavy atom. The van der Waals surface area contributed by atoms with Crippen molar-refractivity contribution in [2.45, 2.75) is 44.6 Å². The Hall–Kier alpha value is -2.77. The molecule has 0 aromatic heterocycles. The van der Waals surface area contributed by atoms with Gasteiger partial charge in [0.2, 0.25) is 5.91 Å². The molecule has 2 fully saturated rings. The number of amides is 2. The van der Waals surface area contributed by atoms with Gasteiger partial charge in [0.25, 0.3) is 5.91 Å². The van der Waals surface area contributed by atoms with E-state index in [1.54, 1.807) is 11.9 Å². The van der Waals surface area contributed by atoms with Crippen LogP contribution in [0.3, 0.4) is 0 Å². The SMILES string of the molecule is CN=C(NCCCN1C(=O)COc2ccccc21)NC1CCN(C(=O)C2CCCC2)C1. The number of aliphatic imine (C=N–C) groups is 1. The average molecular weight is 428 g/mol. The highest BCUT2D eigenvalue weighted by Gasteiger charge is 2.32. The van der Waals surface area contributed by atoms with Crippen molar-refractivity contribution in [3.05, 3.63) is 24.3 Å². The van der Waals surface area contributed by atoms with Gasteiger partial charge in [0.05, 0.1) is 5.69 Å². The minimum absolute atomic E-state index is 0.0146. The second kappa shape index (κ2) is 10.0. The molecule has 8 nitrogen and oxygen atoms in total. The van der Waals surface area contributed by atoms with Crippen molar-refractivity contribution in [2.24, 2.45) is 10.9 Å². The lowest BCUT2D eigenvalue weighted by Crippen LogP contribution is -2.46. The second-order valence-electron chi connectivity index (χ2n) is 8.55. The molecule has 3 aliphatic rings. The lowest BCUT2D eigenvalue weighted by molar-refractivity contribution is -0.134. The first-order valence-electron chi connectivity index (χ1n) is 11.4. The zero-order valence-electron chi connectivity index (χ0n) is 18.3. The summed E-state index contributed by atoms with van der Waals surface area (Å²) in [5, 5.41) is 6.79. The molecule has 1 saturated heterocycles. The lowest BCUT2D eigenvalue weighted by Gasteiger charge is -2.29. The number of nitrogens with one attached hydrogen (secondary N) is 2. The molecule has 2 aliphatic heterocycles. The molecule has 1 unspecified atom stereocenters. The van der Waals surface area contributed by atoms with Crippen LogP contribution in [0.1, 0.15) is 38.5 Å². The topological polar surface area (TPSA) is 86.3 Å². The summed E-state index contributed by atoms with van der Waals surface area (Å²) in [5.41, 5.74) is 0.833. The average Bonchev–Trinajstić information content (AvgIpc) is 3.49. The van der Waals surface area contributed by atoms with Crippen molar-refractivity contribution >= 4 is 23.5 Å². The highest BCUT2D eigenvalue weighted by atomic mass is 16.5. The molecule has 31 heavy (non-hydrogen) atoms. The summed E-state index contributed by atoms with van der Waals surface area (Å²) in [7, 11) is 1.76. The number of fused-ring (bicyclic) bond motifs is 1. The molecular weight excluding hydrogens is 394 g/mol. The summed E-state index contributed by atoms with van der Waals surface area (Å²) >= 11 is 0. The van der Waals surface area contributed by atoms with Crippen molar-refractivity contribution in [1.82, 2.24) is 15.5 Å². The molecule has 2 N–H and O–H groups in total. The molecule has 4 rings (SSSR count). The van der Waals surface area contributed by atoms with Gasteiger partial charge in [-0.25, -0.2) is 0 Å². The predicted octanol–water partition coefficient (Wildman–Crippen LogP) is 1.76. The molecule has 0 bridgehead atoms. The maximum atomic E-state index is 12.6. The fraction of sp³-hybridized carbons (Fsp3) is 0.609. The maximum absolute atomic E-state index is 12.6. The van der Waals surface area contributed by atoms with Crippen LogP contribution >= 0.6 is 0 Å². The van der Waals surface area contributed by atoms with Crippen molar-refractivity contribution in [3.63, 3.8) is 0 Å². The Kier molecular flexibility index (Phi) is 6.94. The Balaban J connectivity index is 1.20. The molecule has 1 aromatic rings. The molecule has 168 valence electrons. The second-order valence-corrected chi connectivity index (χ2v) is 8.55. The fourth-order valence-corrected chi connectivity index (χ4v) is 4.74. The Morgan fingerprint density at radius 1 is 1.23 bits per heavy atom. The van der Waals surface area contributed by atoms with Crippen LogP contribution in [0.25, 0.3) is 0 Å². The monoisotopic (exact) mass is 427 g/mol. The molecule has 0 spiro atoms. The van der Waals surface area contributed by atoms with Gasteiger partial charge < -0.3 is 25.2 Å². The van der Waals surface area contributed by atoms with Gasteiger partial charge >= 0.3 is 0 Å². The number of carbonyl (C=O) groups excluding carboxylic acids is 2. The molecule has 2 amide bonds. The van der Waals surface area contributed by atoms with Crippen LogP contribution in [0.4, 0.5) is 5.69 Å². The molecule has 1 saturated carbocycles. The van der Waals surface area contributed by atoms with E-state index >= 15 is 0 Å². The molecule has 1 atom stereocenters. The summed E-state index contributed by atoms with van der Waals surface area (Å²) < 4.78 is 5.50. The Morgan fingerprint density at radius 2 is 2.03 bits per heavy atom. The van der Waals surface area contributed by atoms with Crippen LogP contribution in [-0.4, -0.2) is 68.5 Å². The van der Waals surface area contributed by atoms with Crippen molar-refractivity contribution in [2.75, 3.05) is 44.7 Å². The normalized spacial score (nSPS) is 21.8. The van der Waals surface area contributed by atoms with Gasteiger partial charge in [0, 0.05) is 45.2 Å². The van der Waals surface area contributed by atoms with E-state index in [1.807, 2.05) is 29.2 Å². The highest BCUT2D eigenvalue weighted by Crippen LogP contribution is 2.31. The molecule has 8 heteroatoms. The fourth-order valence-electron chi connectivity index (χ4n) is 4.74. The Labute approximate surface area is 184 Å². The number of ether oxygens (including phenoxy) is 1. The van der Waals surface area contributed by atoms with Gasteiger partial charge in [-0.3, -0.25) is 14.6 Å². The van der Waals surface area contributed by atoms with Crippen LogP contribution in [0.5, 0.6) is 5.75 Å². The van der Waals surface area contributed by atoms with Gasteiger partial charge in [-0.2, -0.15) is 0 Å². The number of nitrogens with zero attached hydrogens (tertiary/aromatic N) is 3. The van der Waals surface area contributed by atoms with E-state index in [-0.39, 0.29) is 24.5 Å². The summed E-state index contributed by atoms with van der Waals surface area (Å²) in [6, 6.07) is 7.86. The molecular formula is C23H33N5O3. The van der Waals surface area contributed by atoms with E-state index in [9.17, 15) is 9.59 Å². The quantitative estimate of drug-likeness (QED) is 0.410. The third-order valence-electron chi connectivity index (χ3n) is 6.43. The zero-order valence-corrected chi connectivity index (χ0v) is 18.3. The molecule has 1 aliphatic carbocycles. The van der Waals surface area contributed by atoms with Crippen LogP contribution in [0.2, 0.25) is 0 Å². The molecule has 1 aromatic carbocycles. The van der Waals surface area contributed by atoms with Gasteiger partial charge in [-0.1, -0.05) is 25.0 Å². The number of benzene rings is 1. The van der Waals surface area contributed by atoms with E-state index in [0.29, 0.717) is 19.0 Å². The first-order chi connectivity index (χ1) is 15.2. The van der Waals surface area contributed by atoms with E-state index in [2.05, 4.69) is 15.6 Å². The zero-order chi connectivity index (χ0) is 21.6. The standard InChI is InChI=1S/C23H33N5O3/c1-24-23(26-18-11-14-27(15-18)22(30)17-7-2-3-8-17)25-12-6-13-28-19-9-4-5-10-20(19)31-16-21(28)29/h4-5,9-10,17-18H,2-3,6-8,11-16H2,1H3,(H2,24,25,26). The summed E-state index contributed by atoms with van der Waals surface area (Å²) in [4.78, 5) is 33.0. The van der Waals surface area contributed by atoms with Crippen LogP contribution in [0, 0.1) is 5.92 Å². The number of rotatable bonds is 6. The van der Waals surface area contributed by atoms with Crippen molar-refractivity contribution < 1.29 is 14.3 Å². The van der Waals surface area contributed by atoms with E-state index in [4.69, 9.17) is 4.74 Å². The maximum Gasteiger partial charge on any atom is 0.265 e. The van der Waals surface area contributed by atoms with Gasteiger partial charge in [0.1, 0.15) is 5.75 Å². The Bertz CT molecular complexity index is 821. The largest absolute Gasteiger partial charge is 0.482 e. The number of likely N-dealkylation sites (tertiary alicyclic amines) is 1. The van der Waals surface area contributed by atoms with Crippen molar-refractivity contribution in [3.8, 4) is 5.75 Å². The van der Waals surface area contributed by atoms with Crippen molar-refractivity contribution in [1.29, 1.82) is 0 Å². The third kappa shape index (κ3) is 5.11. The smallest absolute Gasteiger partial charge is 0.265 e. The highest BCUT2D eigenvalue weighted by molar-refractivity contribution is 5.97. The van der Waals surface area contributed by atoms with E-state index in [0.717, 1.165) is 56.2 Å². The first kappa shape index (κ1) is 21.5. The number of anilines is 1. The van der Waals surface area contributed by atoms with Gasteiger partial charge in [-0.15, -0.1) is 0 Å².